The van der Waals surface area contributed by atoms with Crippen LogP contribution in [0, 0.1) is 0 Å². The Balaban J connectivity index is 2.68. The van der Waals surface area contributed by atoms with E-state index in [9.17, 15) is 0 Å². The van der Waals surface area contributed by atoms with Crippen LogP contribution in [-0.2, 0) is 0 Å². The molecule has 0 aliphatic rings. The van der Waals surface area contributed by atoms with Crippen LogP contribution in [0.1, 0.15) is 37.1 Å². The first-order valence-corrected chi connectivity index (χ1v) is 6.79. The second-order valence-electron chi connectivity index (χ2n) is 3.25. The standard InChI is InChI=1S/C10H15BrClNS/c1-3-4-5-8(13-2)9-6-7(11)10(12)14-9/h6,8,13H,3-5H2,1-2H3. The molecule has 1 rings (SSSR count). The Kier molecular flexibility index (Phi) is 5.45. The molecular formula is C10H15BrClNS. The van der Waals surface area contributed by atoms with E-state index in [0.717, 1.165) is 8.81 Å². The Morgan fingerprint density at radius 2 is 2.36 bits per heavy atom. The van der Waals surface area contributed by atoms with Gasteiger partial charge in [-0.05, 0) is 35.5 Å². The van der Waals surface area contributed by atoms with Gasteiger partial charge in [0.25, 0.3) is 0 Å². The van der Waals surface area contributed by atoms with Crippen molar-refractivity contribution in [3.05, 3.63) is 19.8 Å². The largest absolute Gasteiger partial charge is 0.312 e. The van der Waals surface area contributed by atoms with Crippen molar-refractivity contribution in [2.75, 3.05) is 7.05 Å². The molecule has 1 heterocycles. The summed E-state index contributed by atoms with van der Waals surface area (Å²) < 4.78 is 1.85. The van der Waals surface area contributed by atoms with Gasteiger partial charge in [0.1, 0.15) is 4.34 Å². The maximum absolute atomic E-state index is 6.01. The third-order valence-corrected chi connectivity index (χ3v) is 4.79. The van der Waals surface area contributed by atoms with Gasteiger partial charge in [0.2, 0.25) is 0 Å². The highest BCUT2D eigenvalue weighted by Crippen LogP contribution is 2.36. The van der Waals surface area contributed by atoms with Crippen LogP contribution in [0.5, 0.6) is 0 Å². The molecule has 1 nitrogen and oxygen atoms in total. The summed E-state index contributed by atoms with van der Waals surface area (Å²) >= 11 is 11.1. The van der Waals surface area contributed by atoms with Gasteiger partial charge < -0.3 is 5.32 Å². The Bertz CT molecular complexity index is 268. The van der Waals surface area contributed by atoms with E-state index in [1.165, 1.54) is 24.1 Å². The van der Waals surface area contributed by atoms with Gasteiger partial charge in [0.15, 0.2) is 0 Å². The first-order valence-electron chi connectivity index (χ1n) is 4.81. The van der Waals surface area contributed by atoms with Gasteiger partial charge in [-0.3, -0.25) is 0 Å². The lowest BCUT2D eigenvalue weighted by atomic mass is 10.1. The molecule has 14 heavy (non-hydrogen) atoms. The highest BCUT2D eigenvalue weighted by Gasteiger charge is 2.13. The summed E-state index contributed by atoms with van der Waals surface area (Å²) in [5.41, 5.74) is 0. The van der Waals surface area contributed by atoms with Crippen LogP contribution in [0.2, 0.25) is 4.34 Å². The summed E-state index contributed by atoms with van der Waals surface area (Å²) in [6, 6.07) is 2.56. The second-order valence-corrected chi connectivity index (χ2v) is 5.79. The zero-order valence-electron chi connectivity index (χ0n) is 8.44. The maximum atomic E-state index is 6.01. The molecule has 1 unspecified atom stereocenters. The minimum Gasteiger partial charge on any atom is -0.312 e. The monoisotopic (exact) mass is 295 g/mol. The second kappa shape index (κ2) is 6.11. The molecule has 0 bridgehead atoms. The normalized spacial score (nSPS) is 13.1. The molecule has 0 saturated heterocycles. The molecule has 4 heteroatoms. The van der Waals surface area contributed by atoms with E-state index < -0.39 is 0 Å². The van der Waals surface area contributed by atoms with Crippen LogP contribution < -0.4 is 5.32 Å². The first kappa shape index (κ1) is 12.5. The maximum Gasteiger partial charge on any atom is 0.107 e. The molecule has 1 N–H and O–H groups in total. The number of hydrogen-bond donors (Lipinski definition) is 1. The molecule has 1 aromatic heterocycles. The first-order chi connectivity index (χ1) is 6.69. The lowest BCUT2D eigenvalue weighted by Gasteiger charge is -2.13. The number of unbranched alkanes of at least 4 members (excludes halogenated alkanes) is 1. The van der Waals surface area contributed by atoms with Gasteiger partial charge in [-0.15, -0.1) is 11.3 Å². The minimum absolute atomic E-state index is 0.448. The van der Waals surface area contributed by atoms with Crippen molar-refractivity contribution in [3.63, 3.8) is 0 Å². The Morgan fingerprint density at radius 1 is 1.64 bits per heavy atom. The van der Waals surface area contributed by atoms with Crippen LogP contribution in [-0.4, -0.2) is 7.05 Å². The van der Waals surface area contributed by atoms with Crippen LogP contribution in [0.4, 0.5) is 0 Å². The van der Waals surface area contributed by atoms with E-state index in [1.54, 1.807) is 11.3 Å². The zero-order valence-corrected chi connectivity index (χ0v) is 11.6. The van der Waals surface area contributed by atoms with E-state index in [2.05, 4.69) is 34.2 Å². The highest BCUT2D eigenvalue weighted by molar-refractivity contribution is 9.10. The summed E-state index contributed by atoms with van der Waals surface area (Å²) in [6.45, 7) is 2.21. The molecule has 0 aliphatic carbocycles. The molecule has 0 spiro atoms. The molecule has 0 aliphatic heterocycles. The number of halogens is 2. The predicted molar refractivity (Wildman–Crippen MR) is 68.4 cm³/mol. The van der Waals surface area contributed by atoms with E-state index in [-0.39, 0.29) is 0 Å². The van der Waals surface area contributed by atoms with Crippen molar-refractivity contribution in [3.8, 4) is 0 Å². The molecule has 1 aromatic rings. The van der Waals surface area contributed by atoms with Gasteiger partial charge in [-0.2, -0.15) is 0 Å². The van der Waals surface area contributed by atoms with E-state index in [1.807, 2.05) is 7.05 Å². The third-order valence-electron chi connectivity index (χ3n) is 2.20. The SMILES string of the molecule is CCCCC(NC)c1cc(Br)c(Cl)s1. The smallest absolute Gasteiger partial charge is 0.107 e. The van der Waals surface area contributed by atoms with Crippen molar-refractivity contribution in [1.82, 2.24) is 5.32 Å². The average molecular weight is 297 g/mol. The Hall–Kier alpha value is 0.430. The summed E-state index contributed by atoms with van der Waals surface area (Å²) in [6.07, 6.45) is 3.66. The zero-order chi connectivity index (χ0) is 10.6. The van der Waals surface area contributed by atoms with Gasteiger partial charge in [0, 0.05) is 15.4 Å². The number of rotatable bonds is 5. The number of hydrogen-bond acceptors (Lipinski definition) is 2. The molecule has 1 atom stereocenters. The summed E-state index contributed by atoms with van der Waals surface area (Å²) in [5, 5.41) is 3.32. The topological polar surface area (TPSA) is 12.0 Å². The van der Waals surface area contributed by atoms with Crippen molar-refractivity contribution < 1.29 is 0 Å². The van der Waals surface area contributed by atoms with E-state index >= 15 is 0 Å². The van der Waals surface area contributed by atoms with Gasteiger partial charge in [0.05, 0.1) is 0 Å². The van der Waals surface area contributed by atoms with Crippen LogP contribution >= 0.6 is 38.9 Å². The van der Waals surface area contributed by atoms with Crippen LogP contribution in [0.15, 0.2) is 10.5 Å². The molecule has 0 radical (unpaired) electrons. The molecule has 0 amide bonds. The van der Waals surface area contributed by atoms with E-state index in [0.29, 0.717) is 6.04 Å². The van der Waals surface area contributed by atoms with Crippen molar-refractivity contribution >= 4 is 38.9 Å². The van der Waals surface area contributed by atoms with E-state index in [4.69, 9.17) is 11.6 Å². The van der Waals surface area contributed by atoms with Gasteiger partial charge in [-0.1, -0.05) is 31.4 Å². The Morgan fingerprint density at radius 3 is 2.79 bits per heavy atom. The minimum atomic E-state index is 0.448. The lowest BCUT2D eigenvalue weighted by Crippen LogP contribution is -2.14. The third kappa shape index (κ3) is 3.23. The molecular weight excluding hydrogens is 282 g/mol. The summed E-state index contributed by atoms with van der Waals surface area (Å²) in [4.78, 5) is 1.32. The molecule has 0 fully saturated rings. The molecule has 80 valence electrons. The average Bonchev–Trinajstić information content (AvgIpc) is 2.48. The molecule has 0 aromatic carbocycles. The number of nitrogens with one attached hydrogen (secondary N) is 1. The van der Waals surface area contributed by atoms with Crippen molar-refractivity contribution in [2.45, 2.75) is 32.2 Å². The number of thiophene rings is 1. The van der Waals surface area contributed by atoms with Crippen LogP contribution in [0.25, 0.3) is 0 Å². The van der Waals surface area contributed by atoms with Crippen molar-refractivity contribution in [1.29, 1.82) is 0 Å². The molecule has 0 saturated carbocycles. The Labute approximate surface area is 103 Å². The fraction of sp³-hybridized carbons (Fsp3) is 0.600. The summed E-state index contributed by atoms with van der Waals surface area (Å²) in [7, 11) is 2.00. The lowest BCUT2D eigenvalue weighted by molar-refractivity contribution is 0.530. The fourth-order valence-corrected chi connectivity index (χ4v) is 3.25. The predicted octanol–water partition coefficient (Wildman–Crippen LogP) is 4.61. The van der Waals surface area contributed by atoms with Crippen molar-refractivity contribution in [2.24, 2.45) is 0 Å². The quantitative estimate of drug-likeness (QED) is 0.836. The highest BCUT2D eigenvalue weighted by atomic mass is 79.9. The van der Waals surface area contributed by atoms with Gasteiger partial charge >= 0.3 is 0 Å². The summed E-state index contributed by atoms with van der Waals surface area (Å²) in [5.74, 6) is 0. The fourth-order valence-electron chi connectivity index (χ4n) is 1.37. The van der Waals surface area contributed by atoms with Crippen LogP contribution in [0.3, 0.4) is 0 Å². The van der Waals surface area contributed by atoms with Gasteiger partial charge in [-0.25, -0.2) is 0 Å².